The molecule has 19 heavy (non-hydrogen) atoms. The predicted octanol–water partition coefficient (Wildman–Crippen LogP) is 2.48. The van der Waals surface area contributed by atoms with Gasteiger partial charge in [0.2, 0.25) is 0 Å². The monoisotopic (exact) mass is 279 g/mol. The van der Waals surface area contributed by atoms with E-state index in [0.29, 0.717) is 29.8 Å². The normalized spacial score (nSPS) is 10.0. The van der Waals surface area contributed by atoms with Crippen molar-refractivity contribution in [1.82, 2.24) is 4.98 Å². The van der Waals surface area contributed by atoms with Crippen LogP contribution in [0.5, 0.6) is 11.5 Å². The van der Waals surface area contributed by atoms with Gasteiger partial charge in [0.1, 0.15) is 19.0 Å². The van der Waals surface area contributed by atoms with E-state index in [1.54, 1.807) is 42.6 Å². The van der Waals surface area contributed by atoms with Crippen molar-refractivity contribution in [3.05, 3.63) is 47.6 Å². The molecular formula is C13H14ClN3O2. The van der Waals surface area contributed by atoms with Gasteiger partial charge in [0.05, 0.1) is 0 Å². The fraction of sp³-hybridized carbons (Fsp3) is 0.154. The number of nitrogens with zero attached hydrogens (tertiary/aromatic N) is 1. The first-order chi connectivity index (χ1) is 9.29. The number of nitrogens with two attached hydrogens (primary N) is 1. The van der Waals surface area contributed by atoms with Gasteiger partial charge in [0, 0.05) is 11.2 Å². The second-order valence-electron chi connectivity index (χ2n) is 3.65. The molecule has 5 nitrogen and oxygen atoms in total. The lowest BCUT2D eigenvalue weighted by atomic mass is 10.3. The summed E-state index contributed by atoms with van der Waals surface area (Å²) in [6.07, 6.45) is 1.63. The lowest BCUT2D eigenvalue weighted by Crippen LogP contribution is -2.13. The number of nitrogen functional groups attached to an aromatic ring is 1. The Morgan fingerprint density at radius 3 is 2.58 bits per heavy atom. The minimum Gasteiger partial charge on any atom is -0.490 e. The summed E-state index contributed by atoms with van der Waals surface area (Å²) in [5.41, 5.74) is 2.47. The van der Waals surface area contributed by atoms with Gasteiger partial charge in [-0.15, -0.1) is 0 Å². The number of anilines is 1. The molecule has 1 aromatic carbocycles. The molecule has 1 aromatic heterocycles. The topological polar surface area (TPSA) is 69.4 Å². The Bertz CT molecular complexity index is 520. The van der Waals surface area contributed by atoms with Gasteiger partial charge in [0.25, 0.3) is 0 Å². The SMILES string of the molecule is NNc1ncccc1OCCOc1ccc(Cl)cc1. The molecule has 0 bridgehead atoms. The largest absolute Gasteiger partial charge is 0.490 e. The van der Waals surface area contributed by atoms with Crippen LogP contribution < -0.4 is 20.7 Å². The molecule has 2 aromatic rings. The summed E-state index contributed by atoms with van der Waals surface area (Å²) >= 11 is 5.78. The molecule has 0 unspecified atom stereocenters. The Morgan fingerprint density at radius 2 is 1.84 bits per heavy atom. The van der Waals surface area contributed by atoms with Crippen LogP contribution in [0.2, 0.25) is 5.02 Å². The van der Waals surface area contributed by atoms with Crippen molar-refractivity contribution in [2.24, 2.45) is 5.84 Å². The maximum absolute atomic E-state index is 5.78. The first-order valence-electron chi connectivity index (χ1n) is 5.72. The zero-order valence-corrected chi connectivity index (χ0v) is 10.9. The van der Waals surface area contributed by atoms with Gasteiger partial charge in [0.15, 0.2) is 11.6 Å². The van der Waals surface area contributed by atoms with Gasteiger partial charge in [-0.25, -0.2) is 10.8 Å². The standard InChI is InChI=1S/C13H14ClN3O2/c14-10-3-5-11(6-4-10)18-8-9-19-12-2-1-7-16-13(12)17-15/h1-7H,8-9,15H2,(H,16,17). The third-order valence-electron chi connectivity index (χ3n) is 2.33. The average molecular weight is 280 g/mol. The number of aromatic nitrogens is 1. The van der Waals surface area contributed by atoms with Crippen LogP contribution in [-0.2, 0) is 0 Å². The van der Waals surface area contributed by atoms with Crippen LogP contribution >= 0.6 is 11.6 Å². The molecule has 0 aliphatic rings. The zero-order chi connectivity index (χ0) is 13.5. The van der Waals surface area contributed by atoms with Crippen LogP contribution in [0.25, 0.3) is 0 Å². The minimum absolute atomic E-state index is 0.392. The Kier molecular flexibility index (Phi) is 4.83. The fourth-order valence-electron chi connectivity index (χ4n) is 1.46. The van der Waals surface area contributed by atoms with Gasteiger partial charge < -0.3 is 14.9 Å². The molecule has 0 aliphatic carbocycles. The molecule has 6 heteroatoms. The van der Waals surface area contributed by atoms with Crippen LogP contribution in [0.4, 0.5) is 5.82 Å². The number of nitrogens with one attached hydrogen (secondary N) is 1. The van der Waals surface area contributed by atoms with Crippen molar-refractivity contribution in [3.8, 4) is 11.5 Å². The molecule has 0 saturated carbocycles. The summed E-state index contributed by atoms with van der Waals surface area (Å²) in [5, 5.41) is 0.678. The zero-order valence-electron chi connectivity index (χ0n) is 10.2. The van der Waals surface area contributed by atoms with Crippen molar-refractivity contribution >= 4 is 17.4 Å². The maximum atomic E-state index is 5.78. The molecule has 3 N–H and O–H groups in total. The summed E-state index contributed by atoms with van der Waals surface area (Å²) in [6, 6.07) is 10.7. The molecular weight excluding hydrogens is 266 g/mol. The quantitative estimate of drug-likeness (QED) is 0.483. The van der Waals surface area contributed by atoms with E-state index >= 15 is 0 Å². The number of ether oxygens (including phenoxy) is 2. The van der Waals surface area contributed by atoms with Gasteiger partial charge in [-0.2, -0.15) is 0 Å². The van der Waals surface area contributed by atoms with Gasteiger partial charge >= 0.3 is 0 Å². The Balaban J connectivity index is 1.79. The summed E-state index contributed by atoms with van der Waals surface area (Å²) < 4.78 is 11.0. The van der Waals surface area contributed by atoms with Gasteiger partial charge in [-0.05, 0) is 36.4 Å². The van der Waals surface area contributed by atoms with Crippen LogP contribution in [0.1, 0.15) is 0 Å². The molecule has 0 saturated heterocycles. The number of halogens is 1. The molecule has 0 fully saturated rings. The third-order valence-corrected chi connectivity index (χ3v) is 2.58. The third kappa shape index (κ3) is 4.01. The summed E-state index contributed by atoms with van der Waals surface area (Å²) in [7, 11) is 0. The number of hydrogen-bond donors (Lipinski definition) is 2. The van der Waals surface area contributed by atoms with Gasteiger partial charge in [-0.1, -0.05) is 11.6 Å². The van der Waals surface area contributed by atoms with E-state index in [4.69, 9.17) is 26.9 Å². The molecule has 100 valence electrons. The van der Waals surface area contributed by atoms with Crippen molar-refractivity contribution in [3.63, 3.8) is 0 Å². The summed E-state index contributed by atoms with van der Waals surface area (Å²) in [4.78, 5) is 4.03. The van der Waals surface area contributed by atoms with E-state index in [1.165, 1.54) is 0 Å². The highest BCUT2D eigenvalue weighted by atomic mass is 35.5. The Morgan fingerprint density at radius 1 is 1.11 bits per heavy atom. The Hall–Kier alpha value is -1.98. The molecule has 0 spiro atoms. The van der Waals surface area contributed by atoms with Crippen LogP contribution in [-0.4, -0.2) is 18.2 Å². The lowest BCUT2D eigenvalue weighted by Gasteiger charge is -2.10. The van der Waals surface area contributed by atoms with E-state index in [0.717, 1.165) is 5.75 Å². The second kappa shape index (κ2) is 6.82. The summed E-state index contributed by atoms with van der Waals surface area (Å²) in [5.74, 6) is 7.15. The minimum atomic E-state index is 0.392. The number of rotatable bonds is 6. The molecule has 0 aliphatic heterocycles. The highest BCUT2D eigenvalue weighted by Crippen LogP contribution is 2.19. The highest BCUT2D eigenvalue weighted by Gasteiger charge is 2.02. The van der Waals surface area contributed by atoms with E-state index in [2.05, 4.69) is 10.4 Å². The van der Waals surface area contributed by atoms with Gasteiger partial charge in [-0.3, -0.25) is 0 Å². The number of pyridine rings is 1. The summed E-state index contributed by atoms with van der Waals surface area (Å²) in [6.45, 7) is 0.809. The first kappa shape index (κ1) is 13.5. The van der Waals surface area contributed by atoms with E-state index < -0.39 is 0 Å². The molecule has 0 radical (unpaired) electrons. The van der Waals surface area contributed by atoms with Crippen LogP contribution in [0, 0.1) is 0 Å². The number of hydrogen-bond acceptors (Lipinski definition) is 5. The molecule has 1 heterocycles. The second-order valence-corrected chi connectivity index (χ2v) is 4.08. The Labute approximate surface area is 116 Å². The van der Waals surface area contributed by atoms with E-state index in [1.807, 2.05) is 0 Å². The lowest BCUT2D eigenvalue weighted by molar-refractivity contribution is 0.217. The van der Waals surface area contributed by atoms with Crippen molar-refractivity contribution < 1.29 is 9.47 Å². The predicted molar refractivity (Wildman–Crippen MR) is 74.5 cm³/mol. The van der Waals surface area contributed by atoms with E-state index in [-0.39, 0.29) is 0 Å². The van der Waals surface area contributed by atoms with Crippen molar-refractivity contribution in [1.29, 1.82) is 0 Å². The molecule has 0 atom stereocenters. The maximum Gasteiger partial charge on any atom is 0.182 e. The smallest absolute Gasteiger partial charge is 0.182 e. The fourth-order valence-corrected chi connectivity index (χ4v) is 1.58. The number of hydrazine groups is 1. The number of benzene rings is 1. The van der Waals surface area contributed by atoms with E-state index in [9.17, 15) is 0 Å². The first-order valence-corrected chi connectivity index (χ1v) is 6.10. The highest BCUT2D eigenvalue weighted by molar-refractivity contribution is 6.30. The van der Waals surface area contributed by atoms with Crippen molar-refractivity contribution in [2.75, 3.05) is 18.6 Å². The van der Waals surface area contributed by atoms with Crippen LogP contribution in [0.15, 0.2) is 42.6 Å². The van der Waals surface area contributed by atoms with Crippen LogP contribution in [0.3, 0.4) is 0 Å². The molecule has 2 rings (SSSR count). The molecule has 0 amide bonds. The van der Waals surface area contributed by atoms with Crippen molar-refractivity contribution in [2.45, 2.75) is 0 Å². The average Bonchev–Trinajstić information content (AvgIpc) is 2.46.